The van der Waals surface area contributed by atoms with Crippen molar-refractivity contribution in [3.05, 3.63) is 46.4 Å². The Balaban J connectivity index is 2.52. The molecule has 26 heavy (non-hydrogen) atoms. The molecule has 0 aliphatic carbocycles. The van der Waals surface area contributed by atoms with Crippen molar-refractivity contribution >= 4 is 35.9 Å². The van der Waals surface area contributed by atoms with Gasteiger partial charge in [0.05, 0.1) is 23.1 Å². The van der Waals surface area contributed by atoms with Crippen LogP contribution in [0.1, 0.15) is 12.5 Å². The zero-order valence-electron chi connectivity index (χ0n) is 13.8. The summed E-state index contributed by atoms with van der Waals surface area (Å²) >= 11 is 3.09. The molecule has 0 radical (unpaired) electrons. The average Bonchev–Trinajstić information content (AvgIpc) is 2.55. The highest BCUT2D eigenvalue weighted by molar-refractivity contribution is 9.10. The van der Waals surface area contributed by atoms with E-state index in [4.69, 9.17) is 14.2 Å². The molecule has 0 N–H and O–H groups in total. The minimum atomic E-state index is -4.36. The van der Waals surface area contributed by atoms with Crippen molar-refractivity contribution in [2.45, 2.75) is 16.7 Å². The van der Waals surface area contributed by atoms with Gasteiger partial charge in [-0.3, -0.25) is 0 Å². The Bertz CT molecular complexity index is 1090. The third-order valence-corrected chi connectivity index (χ3v) is 6.51. The second kappa shape index (κ2) is 7.65. The number of nitriles is 1. The SMILES string of the molecule is CCOc1cc(C#N)ccc1OS(=O)(=O)c1cc(S(C)(=O)=O)ccc1Br. The van der Waals surface area contributed by atoms with Gasteiger partial charge in [-0.15, -0.1) is 0 Å². The Morgan fingerprint density at radius 2 is 1.77 bits per heavy atom. The van der Waals surface area contributed by atoms with E-state index in [1.807, 2.05) is 6.07 Å². The number of ether oxygens (including phenoxy) is 1. The predicted octanol–water partition coefficient (Wildman–Crippen LogP) is 2.89. The van der Waals surface area contributed by atoms with Crippen LogP contribution in [0, 0.1) is 11.3 Å². The minimum Gasteiger partial charge on any atom is -0.490 e. The van der Waals surface area contributed by atoms with Gasteiger partial charge in [0.15, 0.2) is 21.3 Å². The molecule has 0 fully saturated rings. The number of hydrogen-bond donors (Lipinski definition) is 0. The molecule has 0 aromatic heterocycles. The molecule has 0 saturated carbocycles. The second-order valence-corrected chi connectivity index (χ2v) is 9.49. The topological polar surface area (TPSA) is 111 Å². The van der Waals surface area contributed by atoms with Crippen molar-refractivity contribution in [1.82, 2.24) is 0 Å². The Morgan fingerprint density at radius 3 is 2.35 bits per heavy atom. The van der Waals surface area contributed by atoms with Crippen LogP contribution in [0.25, 0.3) is 0 Å². The molecule has 2 aromatic carbocycles. The maximum atomic E-state index is 12.6. The summed E-state index contributed by atoms with van der Waals surface area (Å²) in [6.07, 6.45) is 0.974. The van der Waals surface area contributed by atoms with Crippen molar-refractivity contribution in [3.63, 3.8) is 0 Å². The Morgan fingerprint density at radius 1 is 1.08 bits per heavy atom. The van der Waals surface area contributed by atoms with Gasteiger partial charge in [0.2, 0.25) is 0 Å². The third-order valence-electron chi connectivity index (χ3n) is 3.17. The summed E-state index contributed by atoms with van der Waals surface area (Å²) in [7, 11) is -7.96. The Labute approximate surface area is 160 Å². The van der Waals surface area contributed by atoms with Gasteiger partial charge in [-0.25, -0.2) is 8.42 Å². The fraction of sp³-hybridized carbons (Fsp3) is 0.188. The smallest absolute Gasteiger partial charge is 0.340 e. The quantitative estimate of drug-likeness (QED) is 0.610. The van der Waals surface area contributed by atoms with E-state index in [2.05, 4.69) is 15.9 Å². The van der Waals surface area contributed by atoms with E-state index in [0.29, 0.717) is 0 Å². The summed E-state index contributed by atoms with van der Waals surface area (Å²) in [5.41, 5.74) is 0.276. The molecule has 2 rings (SSSR count). The number of rotatable bonds is 6. The zero-order chi connectivity index (χ0) is 19.5. The van der Waals surface area contributed by atoms with Crippen molar-refractivity contribution in [2.24, 2.45) is 0 Å². The highest BCUT2D eigenvalue weighted by Gasteiger charge is 2.24. The molecule has 0 saturated heterocycles. The van der Waals surface area contributed by atoms with E-state index in [1.165, 1.54) is 30.3 Å². The highest BCUT2D eigenvalue weighted by Crippen LogP contribution is 2.33. The number of nitrogens with zero attached hydrogens (tertiary/aromatic N) is 1. The van der Waals surface area contributed by atoms with Crippen LogP contribution in [-0.2, 0) is 20.0 Å². The Kier molecular flexibility index (Phi) is 5.95. The van der Waals surface area contributed by atoms with Gasteiger partial charge in [-0.05, 0) is 53.2 Å². The molecule has 2 aromatic rings. The van der Waals surface area contributed by atoms with Crippen molar-refractivity contribution in [3.8, 4) is 17.6 Å². The lowest BCUT2D eigenvalue weighted by Gasteiger charge is -2.13. The summed E-state index contributed by atoms with van der Waals surface area (Å²) in [5, 5.41) is 8.95. The van der Waals surface area contributed by atoms with Gasteiger partial charge >= 0.3 is 10.1 Å². The van der Waals surface area contributed by atoms with Crippen LogP contribution in [0.15, 0.2) is 50.7 Å². The van der Waals surface area contributed by atoms with Gasteiger partial charge < -0.3 is 8.92 Å². The summed E-state index contributed by atoms with van der Waals surface area (Å²) < 4.78 is 59.3. The molecule has 0 aliphatic heterocycles. The summed E-state index contributed by atoms with van der Waals surface area (Å²) in [5.74, 6) is -0.0203. The maximum absolute atomic E-state index is 12.6. The van der Waals surface area contributed by atoms with E-state index in [0.717, 1.165) is 12.3 Å². The molecule has 0 aliphatic rings. The van der Waals surface area contributed by atoms with Crippen LogP contribution in [0.2, 0.25) is 0 Å². The fourth-order valence-corrected chi connectivity index (χ4v) is 4.59. The standard InChI is InChI=1S/C16H14BrNO6S2/c1-3-23-15-8-11(10-18)4-7-14(15)24-26(21,22)16-9-12(25(2,19)20)5-6-13(16)17/h4-9H,3H2,1-2H3. The molecule has 0 heterocycles. The highest BCUT2D eigenvalue weighted by atomic mass is 79.9. The van der Waals surface area contributed by atoms with Gasteiger partial charge in [0.1, 0.15) is 4.90 Å². The van der Waals surface area contributed by atoms with Crippen LogP contribution in [0.3, 0.4) is 0 Å². The zero-order valence-corrected chi connectivity index (χ0v) is 17.0. The third kappa shape index (κ3) is 4.55. The van der Waals surface area contributed by atoms with Crippen LogP contribution >= 0.6 is 15.9 Å². The van der Waals surface area contributed by atoms with Gasteiger partial charge in [0, 0.05) is 16.8 Å². The second-order valence-electron chi connectivity index (χ2n) is 5.11. The summed E-state index contributed by atoms with van der Waals surface area (Å²) in [6.45, 7) is 1.93. The number of halogens is 1. The van der Waals surface area contributed by atoms with Gasteiger partial charge in [-0.1, -0.05) is 0 Å². The Hall–Kier alpha value is -2.09. The molecular weight excluding hydrogens is 446 g/mol. The minimum absolute atomic E-state index is 0.0884. The van der Waals surface area contributed by atoms with Crippen molar-refractivity contribution in [1.29, 1.82) is 5.26 Å². The monoisotopic (exact) mass is 459 g/mol. The molecule has 10 heteroatoms. The van der Waals surface area contributed by atoms with Crippen molar-refractivity contribution < 1.29 is 25.8 Å². The molecule has 0 bridgehead atoms. The summed E-state index contributed by atoms with van der Waals surface area (Å²) in [6, 6.07) is 9.57. The van der Waals surface area contributed by atoms with E-state index in [9.17, 15) is 16.8 Å². The largest absolute Gasteiger partial charge is 0.490 e. The molecular formula is C16H14BrNO6S2. The number of benzene rings is 2. The molecule has 0 amide bonds. The molecule has 0 unspecified atom stereocenters. The maximum Gasteiger partial charge on any atom is 0.340 e. The van der Waals surface area contributed by atoms with Crippen LogP contribution in [0.5, 0.6) is 11.5 Å². The van der Waals surface area contributed by atoms with Crippen molar-refractivity contribution in [2.75, 3.05) is 12.9 Å². The lowest BCUT2D eigenvalue weighted by Crippen LogP contribution is -2.12. The summed E-state index contributed by atoms with van der Waals surface area (Å²) in [4.78, 5) is -0.500. The first-order valence-electron chi connectivity index (χ1n) is 7.19. The van der Waals surface area contributed by atoms with Crippen LogP contribution < -0.4 is 8.92 Å². The predicted molar refractivity (Wildman–Crippen MR) is 97.4 cm³/mol. The van der Waals surface area contributed by atoms with Gasteiger partial charge in [-0.2, -0.15) is 13.7 Å². The van der Waals surface area contributed by atoms with Gasteiger partial charge in [0.25, 0.3) is 0 Å². The lowest BCUT2D eigenvalue weighted by molar-refractivity contribution is 0.327. The molecule has 0 atom stereocenters. The molecule has 7 nitrogen and oxygen atoms in total. The van der Waals surface area contributed by atoms with E-state index >= 15 is 0 Å². The van der Waals surface area contributed by atoms with E-state index < -0.39 is 20.0 Å². The van der Waals surface area contributed by atoms with Crippen LogP contribution in [-0.4, -0.2) is 29.7 Å². The van der Waals surface area contributed by atoms with E-state index in [-0.39, 0.29) is 37.9 Å². The average molecular weight is 460 g/mol. The molecule has 0 spiro atoms. The number of sulfone groups is 1. The lowest BCUT2D eigenvalue weighted by atomic mass is 10.2. The first-order valence-corrected chi connectivity index (χ1v) is 11.3. The normalized spacial score (nSPS) is 11.6. The number of hydrogen-bond acceptors (Lipinski definition) is 7. The fourth-order valence-electron chi connectivity index (χ4n) is 1.98. The first kappa shape index (κ1) is 20.2. The van der Waals surface area contributed by atoms with Crippen LogP contribution in [0.4, 0.5) is 0 Å². The molecule has 138 valence electrons. The first-order chi connectivity index (χ1) is 12.1. The van der Waals surface area contributed by atoms with E-state index in [1.54, 1.807) is 6.92 Å².